The highest BCUT2D eigenvalue weighted by atomic mass is 32.2. The lowest BCUT2D eigenvalue weighted by molar-refractivity contribution is -0.384. The number of benzene rings is 2. The van der Waals surface area contributed by atoms with Gasteiger partial charge in [0.05, 0.1) is 16.7 Å². The first-order valence-electron chi connectivity index (χ1n) is 7.88. The zero-order chi connectivity index (χ0) is 19.4. The van der Waals surface area contributed by atoms with E-state index in [9.17, 15) is 10.1 Å². The summed E-state index contributed by atoms with van der Waals surface area (Å²) in [6, 6.07) is 14.0. The van der Waals surface area contributed by atoms with Crippen molar-refractivity contribution in [1.29, 1.82) is 5.26 Å². The minimum Gasteiger partial charge on any atom is -0.258 e. The fraction of sp³-hybridized carbons (Fsp3) is 0.111. The highest BCUT2D eigenvalue weighted by molar-refractivity contribution is 8.08. The molecule has 0 atom stereocenters. The molecule has 0 radical (unpaired) electrons. The highest BCUT2D eigenvalue weighted by Gasteiger charge is 2.17. The number of non-ortho nitro benzene ring substituents is 1. The zero-order valence-corrected chi connectivity index (χ0v) is 15.3. The number of tetrazole rings is 1. The third-order valence-electron chi connectivity index (χ3n) is 3.83. The number of rotatable bonds is 5. The number of hydrogen-bond acceptors (Lipinski definition) is 7. The van der Waals surface area contributed by atoms with Crippen molar-refractivity contribution in [3.05, 3.63) is 75.3 Å². The second-order valence-corrected chi connectivity index (χ2v) is 6.67. The first-order chi connectivity index (χ1) is 13.0. The number of nitriles is 1. The van der Waals surface area contributed by atoms with E-state index >= 15 is 0 Å². The number of nitro groups is 1. The fourth-order valence-electron chi connectivity index (χ4n) is 2.62. The van der Waals surface area contributed by atoms with Gasteiger partial charge in [-0.05, 0) is 52.7 Å². The van der Waals surface area contributed by atoms with Crippen molar-refractivity contribution in [3.63, 3.8) is 0 Å². The molecule has 0 spiro atoms. The van der Waals surface area contributed by atoms with Gasteiger partial charge in [-0.3, -0.25) is 10.1 Å². The van der Waals surface area contributed by atoms with Crippen molar-refractivity contribution < 1.29 is 4.92 Å². The van der Waals surface area contributed by atoms with E-state index in [1.165, 1.54) is 30.0 Å². The maximum absolute atomic E-state index is 11.0. The summed E-state index contributed by atoms with van der Waals surface area (Å²) in [5.41, 5.74) is 3.37. The van der Waals surface area contributed by atoms with E-state index in [4.69, 9.17) is 5.26 Å². The highest BCUT2D eigenvalue weighted by Crippen LogP contribution is 2.35. The van der Waals surface area contributed by atoms with Crippen LogP contribution in [-0.2, 0) is 0 Å². The van der Waals surface area contributed by atoms with Crippen molar-refractivity contribution in [1.82, 2.24) is 20.2 Å². The molecule has 27 heavy (non-hydrogen) atoms. The van der Waals surface area contributed by atoms with E-state index in [2.05, 4.69) is 15.5 Å². The van der Waals surface area contributed by atoms with E-state index in [0.29, 0.717) is 15.6 Å². The standard InChI is InChI=1S/C18H14N6O2S/c1-12-5-3-6-13(2)17(12)23-18(20-21-22-23)27-16(9-10-19)14-7-4-8-15(11-14)24(25)26/h3-9,11H,1-2H3/b16-9-. The molecule has 0 fully saturated rings. The lowest BCUT2D eigenvalue weighted by atomic mass is 10.1. The van der Waals surface area contributed by atoms with Crippen LogP contribution in [0, 0.1) is 35.3 Å². The number of thioether (sulfide) groups is 1. The number of aryl methyl sites for hydroxylation is 2. The van der Waals surface area contributed by atoms with Gasteiger partial charge < -0.3 is 0 Å². The second kappa shape index (κ2) is 7.80. The summed E-state index contributed by atoms with van der Waals surface area (Å²) < 4.78 is 1.61. The van der Waals surface area contributed by atoms with Crippen molar-refractivity contribution in [2.45, 2.75) is 19.0 Å². The van der Waals surface area contributed by atoms with Gasteiger partial charge >= 0.3 is 0 Å². The molecule has 0 aliphatic rings. The maximum atomic E-state index is 11.0. The molecule has 3 aromatic rings. The van der Waals surface area contributed by atoms with E-state index < -0.39 is 4.92 Å². The summed E-state index contributed by atoms with van der Waals surface area (Å²) in [4.78, 5) is 11.1. The molecular formula is C18H14N6O2S. The number of nitro benzene ring substituents is 1. The SMILES string of the molecule is Cc1cccc(C)c1-n1nnnc1S/C(=C\C#N)c1cccc([N+](=O)[O-])c1. The lowest BCUT2D eigenvalue weighted by Crippen LogP contribution is -2.04. The van der Waals surface area contributed by atoms with Crippen LogP contribution in [0.3, 0.4) is 0 Å². The molecule has 0 unspecified atom stereocenters. The van der Waals surface area contributed by atoms with Crippen LogP contribution >= 0.6 is 11.8 Å². The molecule has 0 saturated heterocycles. The first kappa shape index (κ1) is 18.3. The molecule has 3 rings (SSSR count). The summed E-state index contributed by atoms with van der Waals surface area (Å²) in [6.07, 6.45) is 1.33. The van der Waals surface area contributed by atoms with Crippen molar-refractivity contribution in [3.8, 4) is 11.8 Å². The van der Waals surface area contributed by atoms with Crippen LogP contribution < -0.4 is 0 Å². The molecule has 1 heterocycles. The van der Waals surface area contributed by atoms with Crippen LogP contribution in [0.5, 0.6) is 0 Å². The minimum absolute atomic E-state index is 0.0497. The molecule has 0 bridgehead atoms. The van der Waals surface area contributed by atoms with Gasteiger partial charge in [-0.25, -0.2) is 0 Å². The number of hydrogen-bond donors (Lipinski definition) is 0. The third-order valence-corrected chi connectivity index (χ3v) is 4.84. The summed E-state index contributed by atoms with van der Waals surface area (Å²) in [6.45, 7) is 3.93. The molecule has 0 aliphatic heterocycles. The van der Waals surface area contributed by atoms with E-state index in [0.717, 1.165) is 16.8 Å². The Labute approximate surface area is 159 Å². The molecule has 0 saturated carbocycles. The largest absolute Gasteiger partial charge is 0.270 e. The van der Waals surface area contributed by atoms with Gasteiger partial charge in [0.25, 0.3) is 5.69 Å². The topological polar surface area (TPSA) is 111 Å². The number of nitrogens with zero attached hydrogens (tertiary/aromatic N) is 6. The predicted molar refractivity (Wildman–Crippen MR) is 101 cm³/mol. The van der Waals surface area contributed by atoms with Gasteiger partial charge in [0, 0.05) is 23.1 Å². The van der Waals surface area contributed by atoms with Gasteiger partial charge in [0.1, 0.15) is 0 Å². The summed E-state index contributed by atoms with van der Waals surface area (Å²) in [5, 5.41) is 32.5. The van der Waals surface area contributed by atoms with Gasteiger partial charge in [0.2, 0.25) is 5.16 Å². The molecule has 8 nitrogen and oxygen atoms in total. The van der Waals surface area contributed by atoms with E-state index in [1.54, 1.807) is 16.8 Å². The fourth-order valence-corrected chi connectivity index (χ4v) is 3.47. The van der Waals surface area contributed by atoms with Crippen LogP contribution in [0.2, 0.25) is 0 Å². The van der Waals surface area contributed by atoms with E-state index in [1.807, 2.05) is 38.1 Å². The Balaban J connectivity index is 2.03. The average molecular weight is 378 g/mol. The van der Waals surface area contributed by atoms with Crippen LogP contribution in [0.1, 0.15) is 16.7 Å². The van der Waals surface area contributed by atoms with Crippen LogP contribution in [0.4, 0.5) is 5.69 Å². The molecular weight excluding hydrogens is 364 g/mol. The van der Waals surface area contributed by atoms with Crippen molar-refractivity contribution in [2.24, 2.45) is 0 Å². The third kappa shape index (κ3) is 3.86. The Kier molecular flexibility index (Phi) is 5.28. The second-order valence-electron chi connectivity index (χ2n) is 5.66. The van der Waals surface area contributed by atoms with Crippen molar-refractivity contribution in [2.75, 3.05) is 0 Å². The maximum Gasteiger partial charge on any atom is 0.270 e. The Morgan fingerprint density at radius 2 is 1.96 bits per heavy atom. The summed E-state index contributed by atoms with van der Waals surface area (Å²) >= 11 is 1.18. The summed E-state index contributed by atoms with van der Waals surface area (Å²) in [5.74, 6) is 0. The first-order valence-corrected chi connectivity index (χ1v) is 8.70. The number of allylic oxidation sites excluding steroid dienone is 1. The number of aromatic nitrogens is 4. The van der Waals surface area contributed by atoms with Gasteiger partial charge in [-0.15, -0.1) is 5.10 Å². The quantitative estimate of drug-likeness (QED) is 0.287. The Morgan fingerprint density at radius 3 is 2.63 bits per heavy atom. The van der Waals surface area contributed by atoms with Gasteiger partial charge in [0.15, 0.2) is 0 Å². The Hall–Kier alpha value is -3.51. The average Bonchev–Trinajstić information content (AvgIpc) is 3.09. The van der Waals surface area contributed by atoms with Crippen LogP contribution in [0.15, 0.2) is 53.7 Å². The Morgan fingerprint density at radius 1 is 1.26 bits per heavy atom. The van der Waals surface area contributed by atoms with Crippen molar-refractivity contribution >= 4 is 22.4 Å². The van der Waals surface area contributed by atoms with E-state index in [-0.39, 0.29) is 5.69 Å². The minimum atomic E-state index is -0.473. The predicted octanol–water partition coefficient (Wildman–Crippen LogP) is 3.84. The molecule has 134 valence electrons. The smallest absolute Gasteiger partial charge is 0.258 e. The molecule has 9 heteroatoms. The molecule has 0 aliphatic carbocycles. The molecule has 1 aromatic heterocycles. The Bertz CT molecular complexity index is 1060. The van der Waals surface area contributed by atoms with Gasteiger partial charge in [-0.1, -0.05) is 30.3 Å². The van der Waals surface area contributed by atoms with Crippen LogP contribution in [0.25, 0.3) is 10.6 Å². The van der Waals surface area contributed by atoms with Crippen LogP contribution in [-0.4, -0.2) is 25.1 Å². The number of para-hydroxylation sites is 1. The molecule has 0 amide bonds. The lowest BCUT2D eigenvalue weighted by Gasteiger charge is -2.11. The summed E-state index contributed by atoms with van der Waals surface area (Å²) in [7, 11) is 0. The normalized spacial score (nSPS) is 11.2. The zero-order valence-electron chi connectivity index (χ0n) is 14.5. The molecule has 2 aromatic carbocycles. The molecule has 0 N–H and O–H groups in total. The van der Waals surface area contributed by atoms with Gasteiger partial charge in [-0.2, -0.15) is 9.94 Å². The monoisotopic (exact) mass is 378 g/mol.